The van der Waals surface area contributed by atoms with Crippen molar-refractivity contribution in [3.8, 4) is 5.75 Å². The van der Waals surface area contributed by atoms with E-state index in [0.29, 0.717) is 13.0 Å². The zero-order valence-corrected chi connectivity index (χ0v) is 11.9. The number of hydrogen-bond acceptors (Lipinski definition) is 2. The Hall–Kier alpha value is -0.0600. The van der Waals surface area contributed by atoms with Crippen LogP contribution in [0.2, 0.25) is 0 Å². The van der Waals surface area contributed by atoms with E-state index in [1.54, 1.807) is 6.92 Å². The molecule has 1 unspecified atom stereocenters. The molecule has 0 saturated carbocycles. The molecule has 2 nitrogen and oxygen atoms in total. The molecule has 0 heterocycles. The van der Waals surface area contributed by atoms with Crippen LogP contribution in [0.15, 0.2) is 27.1 Å². The average molecular weight is 338 g/mol. The van der Waals surface area contributed by atoms with E-state index in [-0.39, 0.29) is 0 Å². The topological polar surface area (TPSA) is 29.5 Å². The van der Waals surface area contributed by atoms with Gasteiger partial charge in [-0.25, -0.2) is 0 Å². The maximum atomic E-state index is 9.78. The van der Waals surface area contributed by atoms with Gasteiger partial charge in [0.05, 0.1) is 10.1 Å². The van der Waals surface area contributed by atoms with Crippen LogP contribution in [0.25, 0.3) is 0 Å². The summed E-state index contributed by atoms with van der Waals surface area (Å²) in [5.74, 6) is 0.743. The molecule has 84 valence electrons. The molecule has 1 N–H and O–H groups in total. The highest BCUT2D eigenvalue weighted by atomic mass is 79.9. The van der Waals surface area contributed by atoms with Gasteiger partial charge < -0.3 is 9.84 Å². The number of hydrogen-bond donors (Lipinski definition) is 1. The Morgan fingerprint density at radius 1 is 1.40 bits per heavy atom. The van der Waals surface area contributed by atoms with Crippen molar-refractivity contribution in [2.45, 2.75) is 25.9 Å². The first-order valence-corrected chi connectivity index (χ1v) is 6.33. The summed E-state index contributed by atoms with van der Waals surface area (Å²) in [6.45, 7) is 3.99. The van der Waals surface area contributed by atoms with E-state index in [2.05, 4.69) is 31.9 Å². The Morgan fingerprint density at radius 3 is 2.60 bits per heavy atom. The number of rotatable bonds is 4. The van der Waals surface area contributed by atoms with Gasteiger partial charge in [0.25, 0.3) is 0 Å². The molecule has 0 aromatic heterocycles. The lowest BCUT2D eigenvalue weighted by Crippen LogP contribution is -2.31. The van der Waals surface area contributed by atoms with Crippen LogP contribution < -0.4 is 4.74 Å². The number of aliphatic hydroxyl groups is 1. The van der Waals surface area contributed by atoms with Crippen molar-refractivity contribution in [1.29, 1.82) is 0 Å². The van der Waals surface area contributed by atoms with Gasteiger partial charge in [-0.15, -0.1) is 0 Å². The van der Waals surface area contributed by atoms with Crippen LogP contribution in [0.4, 0.5) is 0 Å². The molecule has 1 aromatic carbocycles. The van der Waals surface area contributed by atoms with Crippen molar-refractivity contribution in [2.75, 3.05) is 6.61 Å². The van der Waals surface area contributed by atoms with Gasteiger partial charge in [0, 0.05) is 4.47 Å². The molecule has 1 atom stereocenters. The fourth-order valence-electron chi connectivity index (χ4n) is 0.928. The summed E-state index contributed by atoms with van der Waals surface area (Å²) < 4.78 is 7.40. The predicted molar refractivity (Wildman–Crippen MR) is 68.3 cm³/mol. The SMILES string of the molecule is CCC(C)(O)COc1ccc(Br)cc1Br. The highest BCUT2D eigenvalue weighted by Crippen LogP contribution is 2.28. The molecule has 0 saturated heterocycles. The van der Waals surface area contributed by atoms with Gasteiger partial charge in [0.1, 0.15) is 12.4 Å². The van der Waals surface area contributed by atoms with Gasteiger partial charge in [-0.2, -0.15) is 0 Å². The summed E-state index contributed by atoms with van der Waals surface area (Å²) >= 11 is 6.77. The molecule has 0 amide bonds. The summed E-state index contributed by atoms with van der Waals surface area (Å²) in [5, 5.41) is 9.78. The number of benzene rings is 1. The van der Waals surface area contributed by atoms with Gasteiger partial charge in [0.15, 0.2) is 0 Å². The maximum absolute atomic E-state index is 9.78. The van der Waals surface area contributed by atoms with E-state index in [0.717, 1.165) is 14.7 Å². The molecule has 0 fully saturated rings. The molecule has 0 bridgehead atoms. The maximum Gasteiger partial charge on any atom is 0.133 e. The third-order valence-corrected chi connectivity index (χ3v) is 3.31. The lowest BCUT2D eigenvalue weighted by molar-refractivity contribution is 0.00823. The summed E-state index contributed by atoms with van der Waals surface area (Å²) in [5.41, 5.74) is -0.771. The molecular weight excluding hydrogens is 324 g/mol. The van der Waals surface area contributed by atoms with Crippen molar-refractivity contribution < 1.29 is 9.84 Å². The normalized spacial score (nSPS) is 14.7. The molecule has 0 aliphatic rings. The van der Waals surface area contributed by atoms with Crippen LogP contribution in [0.5, 0.6) is 5.75 Å². The Labute approximate surface area is 107 Å². The molecule has 0 aliphatic heterocycles. The molecule has 0 radical (unpaired) electrons. The van der Waals surface area contributed by atoms with Crippen LogP contribution in [-0.2, 0) is 0 Å². The van der Waals surface area contributed by atoms with Crippen LogP contribution in [0.1, 0.15) is 20.3 Å². The van der Waals surface area contributed by atoms with Gasteiger partial charge in [-0.1, -0.05) is 22.9 Å². The van der Waals surface area contributed by atoms with E-state index in [1.165, 1.54) is 0 Å². The second-order valence-corrected chi connectivity index (χ2v) is 5.48. The Morgan fingerprint density at radius 2 is 2.07 bits per heavy atom. The van der Waals surface area contributed by atoms with E-state index in [1.807, 2.05) is 25.1 Å². The first-order chi connectivity index (χ1) is 6.94. The minimum Gasteiger partial charge on any atom is -0.489 e. The first kappa shape index (κ1) is 13.0. The van der Waals surface area contributed by atoms with E-state index in [9.17, 15) is 5.11 Å². The van der Waals surface area contributed by atoms with Crippen molar-refractivity contribution in [2.24, 2.45) is 0 Å². The molecule has 4 heteroatoms. The van der Waals surface area contributed by atoms with Crippen molar-refractivity contribution in [3.05, 3.63) is 27.1 Å². The van der Waals surface area contributed by atoms with Gasteiger partial charge in [-0.3, -0.25) is 0 Å². The highest BCUT2D eigenvalue weighted by molar-refractivity contribution is 9.11. The van der Waals surface area contributed by atoms with Crippen molar-refractivity contribution in [3.63, 3.8) is 0 Å². The Balaban J connectivity index is 2.66. The zero-order valence-electron chi connectivity index (χ0n) is 8.76. The summed E-state index contributed by atoms with van der Waals surface area (Å²) in [6, 6.07) is 5.68. The monoisotopic (exact) mass is 336 g/mol. The quantitative estimate of drug-likeness (QED) is 0.906. The standard InChI is InChI=1S/C11H14Br2O2/c1-3-11(2,14)7-15-10-5-4-8(12)6-9(10)13/h4-6,14H,3,7H2,1-2H3. The average Bonchev–Trinajstić information content (AvgIpc) is 2.16. The lowest BCUT2D eigenvalue weighted by atomic mass is 10.1. The Kier molecular flexibility index (Phi) is 4.62. The van der Waals surface area contributed by atoms with Gasteiger partial charge >= 0.3 is 0 Å². The minimum absolute atomic E-state index is 0.295. The molecule has 15 heavy (non-hydrogen) atoms. The molecule has 0 aliphatic carbocycles. The van der Waals surface area contributed by atoms with Crippen LogP contribution >= 0.6 is 31.9 Å². The second kappa shape index (κ2) is 5.32. The number of halogens is 2. The fourth-order valence-corrected chi connectivity index (χ4v) is 2.09. The van der Waals surface area contributed by atoms with Crippen LogP contribution in [0, 0.1) is 0 Å². The van der Waals surface area contributed by atoms with E-state index < -0.39 is 5.60 Å². The third-order valence-electron chi connectivity index (χ3n) is 2.19. The Bertz CT molecular complexity index is 337. The lowest BCUT2D eigenvalue weighted by Gasteiger charge is -2.21. The second-order valence-electron chi connectivity index (χ2n) is 3.71. The minimum atomic E-state index is -0.771. The van der Waals surface area contributed by atoms with Crippen molar-refractivity contribution >= 4 is 31.9 Å². The largest absolute Gasteiger partial charge is 0.489 e. The smallest absolute Gasteiger partial charge is 0.133 e. The number of ether oxygens (including phenoxy) is 1. The zero-order chi connectivity index (χ0) is 11.5. The highest BCUT2D eigenvalue weighted by Gasteiger charge is 2.18. The summed E-state index contributed by atoms with van der Waals surface area (Å²) in [6.07, 6.45) is 0.668. The third kappa shape index (κ3) is 4.13. The van der Waals surface area contributed by atoms with Gasteiger partial charge in [0.2, 0.25) is 0 Å². The van der Waals surface area contributed by atoms with E-state index >= 15 is 0 Å². The van der Waals surface area contributed by atoms with Crippen LogP contribution in [-0.4, -0.2) is 17.3 Å². The molecule has 0 spiro atoms. The predicted octanol–water partition coefficient (Wildman–Crippen LogP) is 3.75. The van der Waals surface area contributed by atoms with Gasteiger partial charge in [-0.05, 0) is 47.5 Å². The molecule has 1 aromatic rings. The summed E-state index contributed by atoms with van der Waals surface area (Å²) in [7, 11) is 0. The summed E-state index contributed by atoms with van der Waals surface area (Å²) in [4.78, 5) is 0. The first-order valence-electron chi connectivity index (χ1n) is 4.75. The van der Waals surface area contributed by atoms with Crippen molar-refractivity contribution in [1.82, 2.24) is 0 Å². The molecule has 1 rings (SSSR count). The van der Waals surface area contributed by atoms with E-state index in [4.69, 9.17) is 4.74 Å². The van der Waals surface area contributed by atoms with Crippen LogP contribution in [0.3, 0.4) is 0 Å². The molecular formula is C11H14Br2O2. The fraction of sp³-hybridized carbons (Fsp3) is 0.455.